The molecule has 0 fully saturated rings. The van der Waals surface area contributed by atoms with E-state index in [1.54, 1.807) is 19.2 Å². The van der Waals surface area contributed by atoms with Crippen LogP contribution in [-0.4, -0.2) is 29.2 Å². The molecule has 0 saturated heterocycles. The van der Waals surface area contributed by atoms with Gasteiger partial charge in [-0.3, -0.25) is 4.99 Å². The number of aliphatic imine (C=N–C) groups is 1. The van der Waals surface area contributed by atoms with E-state index in [1.807, 2.05) is 42.2 Å². The molecule has 2 aromatic rings. The number of halogens is 1. The first-order valence-corrected chi connectivity index (χ1v) is 7.45. The maximum Gasteiger partial charge on any atom is 0.191 e. The fourth-order valence-corrected chi connectivity index (χ4v) is 2.19. The highest BCUT2D eigenvalue weighted by Crippen LogP contribution is 2.15. The highest BCUT2D eigenvalue weighted by Gasteiger charge is 2.08. The van der Waals surface area contributed by atoms with Gasteiger partial charge in [-0.2, -0.15) is 0 Å². The van der Waals surface area contributed by atoms with E-state index in [1.165, 1.54) is 5.56 Å². The Kier molecular flexibility index (Phi) is 5.86. The van der Waals surface area contributed by atoms with E-state index in [-0.39, 0.29) is 0 Å². The lowest BCUT2D eigenvalue weighted by Gasteiger charge is -2.15. The smallest absolute Gasteiger partial charge is 0.191 e. The molecule has 3 N–H and O–H groups in total. The number of nitrogens with one attached hydrogen (secondary N) is 2. The number of guanidine groups is 1. The zero-order chi connectivity index (χ0) is 15.9. The van der Waals surface area contributed by atoms with E-state index in [9.17, 15) is 5.11 Å². The average molecular weight is 321 g/mol. The van der Waals surface area contributed by atoms with Gasteiger partial charge in [-0.15, -0.1) is 0 Å². The zero-order valence-electron chi connectivity index (χ0n) is 12.8. The fraction of sp³-hybridized carbons (Fsp3) is 0.312. The molecule has 6 heteroatoms. The number of hydrogen-bond donors (Lipinski definition) is 3. The number of aliphatic hydroxyl groups excluding tert-OH is 1. The van der Waals surface area contributed by atoms with Crippen LogP contribution in [0.4, 0.5) is 0 Å². The van der Waals surface area contributed by atoms with Crippen LogP contribution in [0.15, 0.2) is 47.7 Å². The van der Waals surface area contributed by atoms with Gasteiger partial charge in [0, 0.05) is 44.6 Å². The summed E-state index contributed by atoms with van der Waals surface area (Å²) in [6.45, 7) is 1.05. The SMILES string of the molecule is CN=C(NCc1ccn(C)c1)NCC(O)c1ccc(Cl)cc1. The number of hydrogen-bond acceptors (Lipinski definition) is 2. The summed E-state index contributed by atoms with van der Waals surface area (Å²) in [4.78, 5) is 4.15. The molecule has 0 aliphatic carbocycles. The molecule has 1 heterocycles. The zero-order valence-corrected chi connectivity index (χ0v) is 13.5. The van der Waals surface area contributed by atoms with Crippen LogP contribution in [-0.2, 0) is 13.6 Å². The lowest BCUT2D eigenvalue weighted by atomic mass is 10.1. The molecule has 5 nitrogen and oxygen atoms in total. The Morgan fingerprint density at radius 1 is 1.27 bits per heavy atom. The van der Waals surface area contributed by atoms with Crippen molar-refractivity contribution in [2.45, 2.75) is 12.6 Å². The van der Waals surface area contributed by atoms with Gasteiger partial charge in [-0.25, -0.2) is 0 Å². The predicted octanol–water partition coefficient (Wildman–Crippen LogP) is 2.08. The van der Waals surface area contributed by atoms with Crippen LogP contribution in [0.25, 0.3) is 0 Å². The molecule has 0 bridgehead atoms. The highest BCUT2D eigenvalue weighted by molar-refractivity contribution is 6.30. The second-order valence-corrected chi connectivity index (χ2v) is 5.50. The minimum atomic E-state index is -0.618. The van der Waals surface area contributed by atoms with Crippen molar-refractivity contribution < 1.29 is 5.11 Å². The third-order valence-corrected chi connectivity index (χ3v) is 3.55. The molecule has 0 aliphatic rings. The molecular formula is C16H21ClN4O. The summed E-state index contributed by atoms with van der Waals surface area (Å²) >= 11 is 5.84. The second kappa shape index (κ2) is 7.87. The van der Waals surface area contributed by atoms with Crippen molar-refractivity contribution in [2.75, 3.05) is 13.6 Å². The second-order valence-electron chi connectivity index (χ2n) is 5.06. The Morgan fingerprint density at radius 3 is 2.59 bits per heavy atom. The van der Waals surface area contributed by atoms with Crippen LogP contribution in [0.3, 0.4) is 0 Å². The summed E-state index contributed by atoms with van der Waals surface area (Å²) in [7, 11) is 3.69. The quantitative estimate of drug-likeness (QED) is 0.584. The Hall–Kier alpha value is -1.98. The summed E-state index contributed by atoms with van der Waals surface area (Å²) in [5.74, 6) is 0.650. The van der Waals surface area contributed by atoms with Crippen molar-refractivity contribution >= 4 is 17.6 Å². The summed E-state index contributed by atoms with van der Waals surface area (Å²) in [6.07, 6.45) is 3.42. The number of aliphatic hydroxyl groups is 1. The lowest BCUT2D eigenvalue weighted by Crippen LogP contribution is -2.38. The molecule has 0 radical (unpaired) electrons. The van der Waals surface area contributed by atoms with Gasteiger partial charge in [-0.05, 0) is 29.3 Å². The maximum absolute atomic E-state index is 10.2. The standard InChI is InChI=1S/C16H21ClN4O/c1-18-16(19-9-12-7-8-21(2)11-12)20-10-15(22)13-3-5-14(17)6-4-13/h3-8,11,15,22H,9-10H2,1-2H3,(H2,18,19,20). The molecular weight excluding hydrogens is 300 g/mol. The third-order valence-electron chi connectivity index (χ3n) is 3.29. The predicted molar refractivity (Wildman–Crippen MR) is 90.0 cm³/mol. The van der Waals surface area contributed by atoms with Gasteiger partial charge < -0.3 is 20.3 Å². The molecule has 1 atom stereocenters. The largest absolute Gasteiger partial charge is 0.387 e. The average Bonchev–Trinajstić information content (AvgIpc) is 2.93. The first kappa shape index (κ1) is 16.4. The Morgan fingerprint density at radius 2 is 2.00 bits per heavy atom. The Balaban J connectivity index is 1.81. The minimum Gasteiger partial charge on any atom is -0.387 e. The Labute approximate surface area is 135 Å². The molecule has 0 spiro atoms. The fourth-order valence-electron chi connectivity index (χ4n) is 2.07. The lowest BCUT2D eigenvalue weighted by molar-refractivity contribution is 0.181. The highest BCUT2D eigenvalue weighted by atomic mass is 35.5. The summed E-state index contributed by atoms with van der Waals surface area (Å²) in [5, 5.41) is 17.1. The molecule has 1 unspecified atom stereocenters. The van der Waals surface area contributed by atoms with Crippen molar-refractivity contribution in [3.05, 3.63) is 58.9 Å². The van der Waals surface area contributed by atoms with E-state index < -0.39 is 6.10 Å². The summed E-state index contributed by atoms with van der Waals surface area (Å²) in [6, 6.07) is 9.21. The van der Waals surface area contributed by atoms with E-state index in [0.717, 1.165) is 5.56 Å². The van der Waals surface area contributed by atoms with Crippen LogP contribution in [0, 0.1) is 0 Å². The van der Waals surface area contributed by atoms with E-state index in [4.69, 9.17) is 11.6 Å². The van der Waals surface area contributed by atoms with Crippen LogP contribution in [0.2, 0.25) is 5.02 Å². The number of nitrogens with zero attached hydrogens (tertiary/aromatic N) is 2. The summed E-state index contributed by atoms with van der Waals surface area (Å²) in [5.41, 5.74) is 1.99. The normalized spacial score (nSPS) is 13.0. The first-order chi connectivity index (χ1) is 10.6. The van der Waals surface area contributed by atoms with Crippen molar-refractivity contribution in [3.63, 3.8) is 0 Å². The molecule has 0 aliphatic heterocycles. The van der Waals surface area contributed by atoms with Gasteiger partial charge in [0.1, 0.15) is 0 Å². The number of aryl methyl sites for hydroxylation is 1. The van der Waals surface area contributed by atoms with E-state index >= 15 is 0 Å². The van der Waals surface area contributed by atoms with Gasteiger partial charge >= 0.3 is 0 Å². The van der Waals surface area contributed by atoms with Crippen molar-refractivity contribution in [2.24, 2.45) is 12.0 Å². The molecule has 22 heavy (non-hydrogen) atoms. The number of aromatic nitrogens is 1. The van der Waals surface area contributed by atoms with Crippen LogP contribution in [0.5, 0.6) is 0 Å². The first-order valence-electron chi connectivity index (χ1n) is 7.07. The third kappa shape index (κ3) is 4.79. The number of benzene rings is 1. The van der Waals surface area contributed by atoms with E-state index in [2.05, 4.69) is 15.6 Å². The van der Waals surface area contributed by atoms with E-state index in [0.29, 0.717) is 24.1 Å². The Bertz CT molecular complexity index is 621. The molecule has 118 valence electrons. The van der Waals surface area contributed by atoms with Gasteiger partial charge in [-0.1, -0.05) is 23.7 Å². The van der Waals surface area contributed by atoms with Crippen molar-refractivity contribution in [1.82, 2.24) is 15.2 Å². The minimum absolute atomic E-state index is 0.371. The molecule has 0 amide bonds. The van der Waals surface area contributed by atoms with Gasteiger partial charge in [0.15, 0.2) is 5.96 Å². The monoisotopic (exact) mass is 320 g/mol. The van der Waals surface area contributed by atoms with Crippen molar-refractivity contribution in [3.8, 4) is 0 Å². The van der Waals surface area contributed by atoms with Crippen LogP contribution < -0.4 is 10.6 Å². The van der Waals surface area contributed by atoms with Gasteiger partial charge in [0.2, 0.25) is 0 Å². The van der Waals surface area contributed by atoms with Crippen LogP contribution in [0.1, 0.15) is 17.2 Å². The van der Waals surface area contributed by atoms with Gasteiger partial charge in [0.05, 0.1) is 6.10 Å². The van der Waals surface area contributed by atoms with Gasteiger partial charge in [0.25, 0.3) is 0 Å². The molecule has 1 aromatic carbocycles. The van der Waals surface area contributed by atoms with Crippen LogP contribution >= 0.6 is 11.6 Å². The summed E-state index contributed by atoms with van der Waals surface area (Å²) < 4.78 is 2.00. The number of rotatable bonds is 5. The maximum atomic E-state index is 10.2. The topological polar surface area (TPSA) is 61.6 Å². The van der Waals surface area contributed by atoms with Crippen molar-refractivity contribution in [1.29, 1.82) is 0 Å². The molecule has 1 aromatic heterocycles. The molecule has 0 saturated carbocycles. The molecule has 2 rings (SSSR count).